The van der Waals surface area contributed by atoms with Crippen LogP contribution in [0.25, 0.3) is 0 Å². The third kappa shape index (κ3) is 6.19. The Morgan fingerprint density at radius 2 is 1.88 bits per heavy atom. The highest BCUT2D eigenvalue weighted by Crippen LogP contribution is 2.35. The van der Waals surface area contributed by atoms with Gasteiger partial charge in [-0.25, -0.2) is 0 Å². The number of carbonyl (C=O) groups excluding carboxylic acids is 2. The van der Waals surface area contributed by atoms with E-state index < -0.39 is 28.3 Å². The first kappa shape index (κ1) is 24.9. The van der Waals surface area contributed by atoms with Gasteiger partial charge in [0, 0.05) is 29.6 Å². The second-order valence-corrected chi connectivity index (χ2v) is 9.11. The average molecular weight is 487 g/mol. The molecule has 2 aromatic rings. The standard InChI is InChI=1S/C23H26N4O6S/c1-23(2,3)33-21(29)16-10-5-13-11-18(19(32-4)12-17(13)25-20(16)28)26-22(34)24-14-6-8-15(9-7-14)27(30)31/h6-9,11-12,16H,5,10H2,1-4H3,(H,25,28)(H2,24,26,34). The molecule has 2 aromatic carbocycles. The Labute approximate surface area is 202 Å². The van der Waals surface area contributed by atoms with Crippen molar-refractivity contribution in [3.05, 3.63) is 52.1 Å². The Morgan fingerprint density at radius 3 is 2.47 bits per heavy atom. The molecule has 0 radical (unpaired) electrons. The van der Waals surface area contributed by atoms with Crippen molar-refractivity contribution in [2.24, 2.45) is 5.92 Å². The number of hydrogen-bond acceptors (Lipinski definition) is 7. The Hall–Kier alpha value is -3.73. The first-order chi connectivity index (χ1) is 16.0. The summed E-state index contributed by atoms with van der Waals surface area (Å²) in [5.41, 5.74) is 1.77. The summed E-state index contributed by atoms with van der Waals surface area (Å²) < 4.78 is 10.9. The van der Waals surface area contributed by atoms with E-state index in [1.807, 2.05) is 0 Å². The minimum absolute atomic E-state index is 0.0245. The van der Waals surface area contributed by atoms with Crippen molar-refractivity contribution in [1.82, 2.24) is 0 Å². The van der Waals surface area contributed by atoms with Crippen LogP contribution in [0.15, 0.2) is 36.4 Å². The Bertz CT molecular complexity index is 1130. The predicted octanol–water partition coefficient (Wildman–Crippen LogP) is 4.25. The number of hydrogen-bond donors (Lipinski definition) is 3. The van der Waals surface area contributed by atoms with Crippen LogP contribution in [0.3, 0.4) is 0 Å². The number of aryl methyl sites for hydroxylation is 1. The number of rotatable bonds is 5. The topological polar surface area (TPSA) is 132 Å². The molecule has 0 spiro atoms. The number of esters is 1. The summed E-state index contributed by atoms with van der Waals surface area (Å²) in [6.07, 6.45) is 0.754. The predicted molar refractivity (Wildman–Crippen MR) is 132 cm³/mol. The minimum Gasteiger partial charge on any atom is -0.494 e. The van der Waals surface area contributed by atoms with Crippen LogP contribution in [-0.4, -0.2) is 34.6 Å². The normalized spacial score (nSPS) is 15.3. The first-order valence-electron chi connectivity index (χ1n) is 10.5. The summed E-state index contributed by atoms with van der Waals surface area (Å²) in [4.78, 5) is 35.5. The number of methoxy groups -OCH3 is 1. The van der Waals surface area contributed by atoms with E-state index in [0.717, 1.165) is 5.56 Å². The van der Waals surface area contributed by atoms with Crippen molar-refractivity contribution in [2.45, 2.75) is 39.2 Å². The van der Waals surface area contributed by atoms with Crippen molar-refractivity contribution in [2.75, 3.05) is 23.1 Å². The van der Waals surface area contributed by atoms with Crippen LogP contribution in [0.1, 0.15) is 32.8 Å². The van der Waals surface area contributed by atoms with E-state index in [1.54, 1.807) is 45.0 Å². The molecular weight excluding hydrogens is 460 g/mol. The van der Waals surface area contributed by atoms with Gasteiger partial charge < -0.3 is 25.4 Å². The third-order valence-electron chi connectivity index (χ3n) is 4.98. The number of anilines is 3. The largest absolute Gasteiger partial charge is 0.494 e. The zero-order chi connectivity index (χ0) is 25.0. The van der Waals surface area contributed by atoms with E-state index in [1.165, 1.54) is 19.2 Å². The molecule has 1 amide bonds. The molecule has 1 atom stereocenters. The maximum Gasteiger partial charge on any atom is 0.319 e. The summed E-state index contributed by atoms with van der Waals surface area (Å²) in [7, 11) is 1.49. The lowest BCUT2D eigenvalue weighted by atomic mass is 9.99. The number of fused-ring (bicyclic) bond motifs is 1. The average Bonchev–Trinajstić information content (AvgIpc) is 2.90. The molecule has 0 fully saturated rings. The molecule has 0 aromatic heterocycles. The first-order valence-corrected chi connectivity index (χ1v) is 10.9. The number of nitro benzene ring substituents is 1. The van der Waals surface area contributed by atoms with Gasteiger partial charge in [-0.05, 0) is 69.6 Å². The quantitative estimate of drug-likeness (QED) is 0.186. The highest BCUT2D eigenvalue weighted by molar-refractivity contribution is 7.80. The van der Waals surface area contributed by atoms with Gasteiger partial charge >= 0.3 is 5.97 Å². The van der Waals surface area contributed by atoms with Gasteiger partial charge in [-0.1, -0.05) is 0 Å². The number of thiocarbonyl (C=S) groups is 1. The van der Waals surface area contributed by atoms with Crippen LogP contribution >= 0.6 is 12.2 Å². The van der Waals surface area contributed by atoms with Crippen molar-refractivity contribution in [3.63, 3.8) is 0 Å². The fourth-order valence-electron chi connectivity index (χ4n) is 3.41. The molecule has 34 heavy (non-hydrogen) atoms. The SMILES string of the molecule is COc1cc2c(cc1NC(=S)Nc1ccc([N+](=O)[O-])cc1)CCC(C(=O)OC(C)(C)C)C(=O)N2. The van der Waals surface area contributed by atoms with Gasteiger partial charge in [-0.3, -0.25) is 19.7 Å². The summed E-state index contributed by atoms with van der Waals surface area (Å²) in [5.74, 6) is -1.47. The van der Waals surface area contributed by atoms with Gasteiger partial charge in [0.05, 0.1) is 17.7 Å². The molecular formula is C23H26N4O6S. The molecule has 0 saturated heterocycles. The third-order valence-corrected chi connectivity index (χ3v) is 5.18. The zero-order valence-corrected chi connectivity index (χ0v) is 20.1. The molecule has 3 N–H and O–H groups in total. The smallest absolute Gasteiger partial charge is 0.319 e. The lowest BCUT2D eigenvalue weighted by Gasteiger charge is -2.22. The lowest BCUT2D eigenvalue weighted by Crippen LogP contribution is -2.35. The number of nitrogens with zero attached hydrogens (tertiary/aromatic N) is 1. The van der Waals surface area contributed by atoms with Crippen molar-refractivity contribution < 1.29 is 24.0 Å². The van der Waals surface area contributed by atoms with Gasteiger partial charge in [0.2, 0.25) is 5.91 Å². The van der Waals surface area contributed by atoms with Crippen molar-refractivity contribution in [3.8, 4) is 5.75 Å². The number of non-ortho nitro benzene ring substituents is 1. The van der Waals surface area contributed by atoms with Gasteiger partial charge in [-0.15, -0.1) is 0 Å². The van der Waals surface area contributed by atoms with Crippen LogP contribution < -0.4 is 20.7 Å². The Balaban J connectivity index is 1.75. The molecule has 1 aliphatic rings. The molecule has 11 heteroatoms. The summed E-state index contributed by atoms with van der Waals surface area (Å²) in [6, 6.07) is 9.31. The van der Waals surface area contributed by atoms with Gasteiger partial charge in [0.25, 0.3) is 5.69 Å². The molecule has 10 nitrogen and oxygen atoms in total. The molecule has 0 bridgehead atoms. The number of nitro groups is 1. The number of benzene rings is 2. The number of carbonyl (C=O) groups is 2. The van der Waals surface area contributed by atoms with Gasteiger partial charge in [0.15, 0.2) is 5.11 Å². The maximum atomic E-state index is 12.7. The summed E-state index contributed by atoms with van der Waals surface area (Å²) >= 11 is 5.37. The van der Waals surface area contributed by atoms with E-state index in [2.05, 4.69) is 16.0 Å². The van der Waals surface area contributed by atoms with Crippen LogP contribution in [0, 0.1) is 16.0 Å². The van der Waals surface area contributed by atoms with E-state index in [-0.39, 0.29) is 10.8 Å². The number of ether oxygens (including phenoxy) is 2. The van der Waals surface area contributed by atoms with Gasteiger partial charge in [0.1, 0.15) is 17.3 Å². The number of amides is 1. The molecule has 1 aliphatic heterocycles. The highest BCUT2D eigenvalue weighted by atomic mass is 32.1. The highest BCUT2D eigenvalue weighted by Gasteiger charge is 2.34. The molecule has 180 valence electrons. The Morgan fingerprint density at radius 1 is 1.21 bits per heavy atom. The fraction of sp³-hybridized carbons (Fsp3) is 0.348. The molecule has 3 rings (SSSR count). The van der Waals surface area contributed by atoms with E-state index in [9.17, 15) is 19.7 Å². The van der Waals surface area contributed by atoms with Crippen molar-refractivity contribution in [1.29, 1.82) is 0 Å². The van der Waals surface area contributed by atoms with Crippen LogP contribution in [0.4, 0.5) is 22.7 Å². The van der Waals surface area contributed by atoms with Crippen LogP contribution in [0.2, 0.25) is 0 Å². The zero-order valence-electron chi connectivity index (χ0n) is 19.3. The number of nitrogens with one attached hydrogen (secondary N) is 3. The molecule has 1 unspecified atom stereocenters. The lowest BCUT2D eigenvalue weighted by molar-refractivity contribution is -0.384. The van der Waals surface area contributed by atoms with E-state index >= 15 is 0 Å². The summed E-state index contributed by atoms with van der Waals surface area (Å²) in [6.45, 7) is 5.26. The molecule has 0 aliphatic carbocycles. The summed E-state index contributed by atoms with van der Waals surface area (Å²) in [5, 5.41) is 19.9. The van der Waals surface area contributed by atoms with Crippen molar-refractivity contribution >= 4 is 52.0 Å². The molecule has 1 heterocycles. The second-order valence-electron chi connectivity index (χ2n) is 8.71. The second kappa shape index (κ2) is 10.0. The maximum absolute atomic E-state index is 12.7. The van der Waals surface area contributed by atoms with Crippen LogP contribution in [0.5, 0.6) is 5.75 Å². The van der Waals surface area contributed by atoms with Crippen LogP contribution in [-0.2, 0) is 20.7 Å². The van der Waals surface area contributed by atoms with E-state index in [4.69, 9.17) is 21.7 Å². The Kier molecular flexibility index (Phi) is 7.35. The molecule has 0 saturated carbocycles. The minimum atomic E-state index is -0.918. The van der Waals surface area contributed by atoms with E-state index in [0.29, 0.717) is 35.7 Å². The monoisotopic (exact) mass is 486 g/mol. The van der Waals surface area contributed by atoms with Gasteiger partial charge in [-0.2, -0.15) is 0 Å². The fourth-order valence-corrected chi connectivity index (χ4v) is 3.64.